The molecular weight excluding hydrogens is 154 g/mol. The highest BCUT2D eigenvalue weighted by atomic mass is 16.5. The molecule has 0 saturated carbocycles. The molecule has 0 unspecified atom stereocenters. The van der Waals surface area contributed by atoms with Crippen LogP contribution >= 0.6 is 0 Å². The highest BCUT2D eigenvalue weighted by Gasteiger charge is 2.36. The highest BCUT2D eigenvalue weighted by molar-refractivity contribution is 5.72. The van der Waals surface area contributed by atoms with E-state index in [1.165, 1.54) is 20.0 Å². The zero-order valence-corrected chi connectivity index (χ0v) is 7.38. The van der Waals surface area contributed by atoms with Gasteiger partial charge in [-0.1, -0.05) is 0 Å². The van der Waals surface area contributed by atoms with Gasteiger partial charge in [0.15, 0.2) is 0 Å². The number of carbonyl (C=O) groups excluding carboxylic acids is 1. The summed E-state index contributed by atoms with van der Waals surface area (Å²) in [4.78, 5) is 11.2. The molecule has 3 heteroatoms. The number of esters is 1. The third-order valence-corrected chi connectivity index (χ3v) is 3.01. The standard InChI is InChI=1S/C9H15NO2/c1-12-9(11)6-4-7-2-3-8(5-6)10-7/h6-8,10H,2-5H2,1H3/t7-,8-/m0/s1. The maximum atomic E-state index is 11.2. The van der Waals surface area contributed by atoms with Gasteiger partial charge in [-0.25, -0.2) is 0 Å². The van der Waals surface area contributed by atoms with Crippen molar-refractivity contribution in [2.75, 3.05) is 7.11 Å². The van der Waals surface area contributed by atoms with Gasteiger partial charge in [-0.05, 0) is 25.7 Å². The summed E-state index contributed by atoms with van der Waals surface area (Å²) in [5, 5.41) is 3.49. The summed E-state index contributed by atoms with van der Waals surface area (Å²) in [5.74, 6) is 0.141. The zero-order valence-electron chi connectivity index (χ0n) is 7.38. The lowest BCUT2D eigenvalue weighted by Gasteiger charge is -2.26. The highest BCUT2D eigenvalue weighted by Crippen LogP contribution is 2.31. The van der Waals surface area contributed by atoms with Crippen LogP contribution in [-0.2, 0) is 9.53 Å². The molecule has 2 saturated heterocycles. The Morgan fingerprint density at radius 3 is 2.42 bits per heavy atom. The Hall–Kier alpha value is -0.570. The van der Waals surface area contributed by atoms with Crippen LogP contribution in [0.1, 0.15) is 25.7 Å². The van der Waals surface area contributed by atoms with Crippen molar-refractivity contribution in [1.82, 2.24) is 5.32 Å². The Morgan fingerprint density at radius 1 is 1.33 bits per heavy atom. The lowest BCUT2D eigenvalue weighted by atomic mass is 9.93. The Kier molecular flexibility index (Phi) is 2.05. The van der Waals surface area contributed by atoms with Crippen LogP contribution in [0.15, 0.2) is 0 Å². The molecule has 0 amide bonds. The average Bonchev–Trinajstić information content (AvgIpc) is 2.44. The second-order valence-corrected chi connectivity index (χ2v) is 3.83. The molecule has 2 heterocycles. The number of fused-ring (bicyclic) bond motifs is 2. The van der Waals surface area contributed by atoms with E-state index < -0.39 is 0 Å². The van der Waals surface area contributed by atoms with Crippen LogP contribution in [0.4, 0.5) is 0 Å². The summed E-state index contributed by atoms with van der Waals surface area (Å²) >= 11 is 0. The van der Waals surface area contributed by atoms with E-state index >= 15 is 0 Å². The first-order valence-corrected chi connectivity index (χ1v) is 4.63. The van der Waals surface area contributed by atoms with Crippen molar-refractivity contribution >= 4 is 5.97 Å². The van der Waals surface area contributed by atoms with Gasteiger partial charge >= 0.3 is 5.97 Å². The minimum atomic E-state index is -0.0200. The molecule has 0 aromatic carbocycles. The predicted molar refractivity (Wildman–Crippen MR) is 44.7 cm³/mol. The van der Waals surface area contributed by atoms with Gasteiger partial charge in [0.05, 0.1) is 13.0 Å². The maximum absolute atomic E-state index is 11.2. The minimum Gasteiger partial charge on any atom is -0.469 e. The molecule has 2 aliphatic heterocycles. The summed E-state index contributed by atoms with van der Waals surface area (Å²) in [6.07, 6.45) is 4.42. The fourth-order valence-corrected chi connectivity index (χ4v) is 2.42. The monoisotopic (exact) mass is 169 g/mol. The smallest absolute Gasteiger partial charge is 0.308 e. The van der Waals surface area contributed by atoms with Crippen molar-refractivity contribution in [2.24, 2.45) is 5.92 Å². The Balaban J connectivity index is 1.98. The molecule has 12 heavy (non-hydrogen) atoms. The molecule has 2 atom stereocenters. The quantitative estimate of drug-likeness (QED) is 0.587. The summed E-state index contributed by atoms with van der Waals surface area (Å²) in [5.41, 5.74) is 0. The van der Waals surface area contributed by atoms with Gasteiger partial charge in [0.2, 0.25) is 0 Å². The molecule has 0 spiro atoms. The summed E-state index contributed by atoms with van der Waals surface area (Å²) in [6.45, 7) is 0. The molecule has 3 nitrogen and oxygen atoms in total. The fourth-order valence-electron chi connectivity index (χ4n) is 2.42. The van der Waals surface area contributed by atoms with Crippen molar-refractivity contribution in [3.63, 3.8) is 0 Å². The lowest BCUT2D eigenvalue weighted by Crippen LogP contribution is -2.40. The molecule has 0 aromatic heterocycles. The second-order valence-electron chi connectivity index (χ2n) is 3.83. The molecular formula is C9H15NO2. The van der Waals surface area contributed by atoms with Gasteiger partial charge in [-0.15, -0.1) is 0 Å². The van der Waals surface area contributed by atoms with Crippen molar-refractivity contribution < 1.29 is 9.53 Å². The fraction of sp³-hybridized carbons (Fsp3) is 0.889. The van der Waals surface area contributed by atoms with Crippen molar-refractivity contribution in [3.8, 4) is 0 Å². The van der Waals surface area contributed by atoms with Crippen molar-refractivity contribution in [1.29, 1.82) is 0 Å². The number of carbonyl (C=O) groups is 1. The first-order valence-electron chi connectivity index (χ1n) is 4.63. The largest absolute Gasteiger partial charge is 0.469 e. The number of rotatable bonds is 1. The van der Waals surface area contributed by atoms with Crippen LogP contribution in [0.25, 0.3) is 0 Å². The van der Waals surface area contributed by atoms with E-state index in [1.807, 2.05) is 0 Å². The molecule has 1 N–H and O–H groups in total. The predicted octanol–water partition coefficient (Wildman–Crippen LogP) is 0.690. The number of nitrogens with one attached hydrogen (secondary N) is 1. The first kappa shape index (κ1) is 8.05. The van der Waals surface area contributed by atoms with E-state index in [2.05, 4.69) is 5.32 Å². The SMILES string of the molecule is COC(=O)C1C[C@@H]2CC[C@@H](C1)N2. The third kappa shape index (κ3) is 1.33. The normalized spacial score (nSPS) is 39.6. The number of methoxy groups -OCH3 is 1. The van der Waals surface area contributed by atoms with E-state index in [9.17, 15) is 4.79 Å². The Morgan fingerprint density at radius 2 is 1.92 bits per heavy atom. The van der Waals surface area contributed by atoms with Gasteiger partial charge in [0.1, 0.15) is 0 Å². The molecule has 2 fully saturated rings. The summed E-state index contributed by atoms with van der Waals surface area (Å²) in [6, 6.07) is 1.15. The van der Waals surface area contributed by atoms with Gasteiger partial charge in [-0.3, -0.25) is 4.79 Å². The molecule has 0 radical (unpaired) electrons. The lowest BCUT2D eigenvalue weighted by molar-refractivity contribution is -0.146. The number of hydrogen-bond donors (Lipinski definition) is 1. The van der Waals surface area contributed by atoms with Crippen LogP contribution < -0.4 is 5.32 Å². The molecule has 2 aliphatic rings. The Bertz CT molecular complexity index is 181. The van der Waals surface area contributed by atoms with E-state index in [4.69, 9.17) is 4.74 Å². The summed E-state index contributed by atoms with van der Waals surface area (Å²) in [7, 11) is 1.48. The molecule has 2 bridgehead atoms. The van der Waals surface area contributed by atoms with Crippen LogP contribution in [0.2, 0.25) is 0 Å². The van der Waals surface area contributed by atoms with E-state index in [0.717, 1.165) is 12.8 Å². The molecule has 0 aliphatic carbocycles. The van der Waals surface area contributed by atoms with Crippen molar-refractivity contribution in [3.05, 3.63) is 0 Å². The second kappa shape index (κ2) is 3.05. The third-order valence-electron chi connectivity index (χ3n) is 3.01. The average molecular weight is 169 g/mol. The van der Waals surface area contributed by atoms with Crippen LogP contribution in [-0.4, -0.2) is 25.2 Å². The van der Waals surface area contributed by atoms with Crippen LogP contribution in [0.5, 0.6) is 0 Å². The zero-order chi connectivity index (χ0) is 8.55. The molecule has 2 rings (SSSR count). The Labute approximate surface area is 72.5 Å². The van der Waals surface area contributed by atoms with Gasteiger partial charge in [0, 0.05) is 12.1 Å². The molecule has 68 valence electrons. The van der Waals surface area contributed by atoms with Crippen LogP contribution in [0, 0.1) is 5.92 Å². The van der Waals surface area contributed by atoms with Gasteiger partial charge < -0.3 is 10.1 Å². The topological polar surface area (TPSA) is 38.3 Å². The van der Waals surface area contributed by atoms with E-state index in [0.29, 0.717) is 12.1 Å². The first-order chi connectivity index (χ1) is 5.79. The van der Waals surface area contributed by atoms with Crippen LogP contribution in [0.3, 0.4) is 0 Å². The van der Waals surface area contributed by atoms with Gasteiger partial charge in [-0.2, -0.15) is 0 Å². The van der Waals surface area contributed by atoms with Crippen molar-refractivity contribution in [2.45, 2.75) is 37.8 Å². The number of ether oxygens (including phenoxy) is 1. The summed E-state index contributed by atoms with van der Waals surface area (Å²) < 4.78 is 4.75. The maximum Gasteiger partial charge on any atom is 0.308 e. The van der Waals surface area contributed by atoms with E-state index in [-0.39, 0.29) is 11.9 Å². The molecule has 0 aromatic rings. The number of piperidine rings is 1. The van der Waals surface area contributed by atoms with Gasteiger partial charge in [0.25, 0.3) is 0 Å². The van der Waals surface area contributed by atoms with E-state index in [1.54, 1.807) is 0 Å². The number of hydrogen-bond acceptors (Lipinski definition) is 3. The minimum absolute atomic E-state index is 0.0200.